The number of hydrogen-bond acceptors (Lipinski definition) is 3. The number of hydrogen-bond donors (Lipinski definition) is 0. The smallest absolute Gasteiger partial charge is 0.132 e. The summed E-state index contributed by atoms with van der Waals surface area (Å²) in [4.78, 5) is 10.8. The third-order valence-electron chi connectivity index (χ3n) is 2.76. The molecular formula is C11H11O3-. The lowest BCUT2D eigenvalue weighted by Gasteiger charge is -2.09. The van der Waals surface area contributed by atoms with E-state index in [-0.39, 0.29) is 17.6 Å². The van der Waals surface area contributed by atoms with Gasteiger partial charge in [0.15, 0.2) is 0 Å². The molecule has 0 amide bonds. The average Bonchev–Trinajstić information content (AvgIpc) is 2.43. The number of carbonyl (C=O) groups excluding carboxylic acids is 1. The van der Waals surface area contributed by atoms with Gasteiger partial charge in [-0.05, 0) is 13.0 Å². The van der Waals surface area contributed by atoms with Crippen molar-refractivity contribution in [2.45, 2.75) is 25.9 Å². The molecule has 2 rings (SSSR count). The Morgan fingerprint density at radius 1 is 1.43 bits per heavy atom. The maximum Gasteiger partial charge on any atom is 0.132 e. The molecule has 0 radical (unpaired) electrons. The molecule has 0 unspecified atom stereocenters. The predicted molar refractivity (Wildman–Crippen MR) is 49.3 cm³/mol. The number of ether oxygens (including phenoxy) is 1. The number of carbonyl (C=O) groups is 1. The summed E-state index contributed by atoms with van der Waals surface area (Å²) in [6, 6.07) is 5.14. The zero-order chi connectivity index (χ0) is 10.3. The first-order valence-electron chi connectivity index (χ1n) is 4.62. The summed E-state index contributed by atoms with van der Waals surface area (Å²) in [5.74, 6) is -0.458. The van der Waals surface area contributed by atoms with E-state index in [0.717, 1.165) is 5.56 Å². The van der Waals surface area contributed by atoms with Crippen LogP contribution in [0, 0.1) is 0 Å². The van der Waals surface area contributed by atoms with Crippen LogP contribution in [0.5, 0.6) is 5.75 Å². The highest BCUT2D eigenvalue weighted by molar-refractivity contribution is 5.90. The molecule has 0 aliphatic carbocycles. The van der Waals surface area contributed by atoms with Crippen LogP contribution in [0.15, 0.2) is 18.2 Å². The minimum absolute atomic E-state index is 0.0329. The van der Waals surface area contributed by atoms with Crippen LogP contribution in [0.1, 0.15) is 35.7 Å². The van der Waals surface area contributed by atoms with E-state index in [9.17, 15) is 9.90 Å². The van der Waals surface area contributed by atoms with Crippen molar-refractivity contribution in [3.63, 3.8) is 0 Å². The van der Waals surface area contributed by atoms with Gasteiger partial charge in [-0.3, -0.25) is 0 Å². The maximum absolute atomic E-state index is 10.8. The van der Waals surface area contributed by atoms with Gasteiger partial charge in [-0.15, -0.1) is 0 Å². The number of carboxylic acids is 1. The van der Waals surface area contributed by atoms with Crippen molar-refractivity contribution in [1.82, 2.24) is 0 Å². The van der Waals surface area contributed by atoms with Crippen molar-refractivity contribution in [3.05, 3.63) is 29.3 Å². The zero-order valence-electron chi connectivity index (χ0n) is 8.11. The lowest BCUT2D eigenvalue weighted by Crippen LogP contribution is -2.23. The van der Waals surface area contributed by atoms with Crippen LogP contribution in [0.2, 0.25) is 0 Å². The van der Waals surface area contributed by atoms with E-state index < -0.39 is 5.97 Å². The van der Waals surface area contributed by atoms with E-state index in [4.69, 9.17) is 4.74 Å². The summed E-state index contributed by atoms with van der Waals surface area (Å²) in [5.41, 5.74) is 1.11. The molecular weight excluding hydrogens is 180 g/mol. The molecule has 1 heterocycles. The highest BCUT2D eigenvalue weighted by atomic mass is 16.5. The average molecular weight is 191 g/mol. The molecule has 1 aliphatic heterocycles. The third kappa shape index (κ3) is 1.16. The molecule has 1 aromatic carbocycles. The van der Waals surface area contributed by atoms with Crippen molar-refractivity contribution in [3.8, 4) is 5.75 Å². The van der Waals surface area contributed by atoms with Crippen LogP contribution in [-0.2, 0) is 0 Å². The van der Waals surface area contributed by atoms with Crippen molar-refractivity contribution in [2.24, 2.45) is 0 Å². The molecule has 1 aromatic rings. The largest absolute Gasteiger partial charge is 0.545 e. The Labute approximate surface area is 82.3 Å². The van der Waals surface area contributed by atoms with Crippen LogP contribution in [0.25, 0.3) is 0 Å². The molecule has 0 aromatic heterocycles. The molecule has 0 saturated carbocycles. The molecule has 3 nitrogen and oxygen atoms in total. The Bertz CT molecular complexity index is 384. The van der Waals surface area contributed by atoms with E-state index in [1.54, 1.807) is 6.07 Å². The van der Waals surface area contributed by atoms with Gasteiger partial charge in [0.1, 0.15) is 11.9 Å². The Balaban J connectivity index is 2.56. The highest BCUT2D eigenvalue weighted by Gasteiger charge is 2.29. The first kappa shape index (κ1) is 9.06. The molecule has 0 saturated heterocycles. The van der Waals surface area contributed by atoms with Gasteiger partial charge in [0.25, 0.3) is 0 Å². The first-order chi connectivity index (χ1) is 6.61. The molecule has 74 valence electrons. The van der Waals surface area contributed by atoms with E-state index in [1.165, 1.54) is 6.07 Å². The summed E-state index contributed by atoms with van der Waals surface area (Å²) >= 11 is 0. The van der Waals surface area contributed by atoms with Crippen LogP contribution in [-0.4, -0.2) is 12.1 Å². The van der Waals surface area contributed by atoms with E-state index >= 15 is 0 Å². The second kappa shape index (κ2) is 3.01. The summed E-state index contributed by atoms with van der Waals surface area (Å²) in [6.45, 7) is 3.96. The Hall–Kier alpha value is -1.51. The molecule has 2 atom stereocenters. The minimum Gasteiger partial charge on any atom is -0.545 e. The molecule has 0 N–H and O–H groups in total. The fourth-order valence-corrected chi connectivity index (χ4v) is 1.75. The van der Waals surface area contributed by atoms with Crippen LogP contribution in [0.4, 0.5) is 0 Å². The zero-order valence-corrected chi connectivity index (χ0v) is 8.11. The molecule has 0 spiro atoms. The third-order valence-corrected chi connectivity index (χ3v) is 2.76. The Morgan fingerprint density at radius 2 is 2.14 bits per heavy atom. The van der Waals surface area contributed by atoms with Gasteiger partial charge in [0.2, 0.25) is 0 Å². The first-order valence-corrected chi connectivity index (χ1v) is 4.62. The maximum atomic E-state index is 10.8. The number of fused-ring (bicyclic) bond motifs is 1. The molecule has 14 heavy (non-hydrogen) atoms. The van der Waals surface area contributed by atoms with Crippen LogP contribution in [0.3, 0.4) is 0 Å². The fraction of sp³-hybridized carbons (Fsp3) is 0.364. The standard InChI is InChI=1S/C11H12O3/c1-6-7(2)14-10-8(6)4-3-5-9(10)11(12)13/h3-7H,1-2H3,(H,12,13)/p-1/t6-,7-/m1/s1. The summed E-state index contributed by atoms with van der Waals surface area (Å²) in [6.07, 6.45) is 0.0329. The van der Waals surface area contributed by atoms with Gasteiger partial charge in [-0.2, -0.15) is 0 Å². The van der Waals surface area contributed by atoms with E-state index in [0.29, 0.717) is 5.75 Å². The number of carboxylic acid groups (broad SMARTS) is 1. The molecule has 0 fully saturated rings. The summed E-state index contributed by atoms with van der Waals surface area (Å²) in [7, 11) is 0. The number of para-hydroxylation sites is 1. The fourth-order valence-electron chi connectivity index (χ4n) is 1.75. The topological polar surface area (TPSA) is 49.4 Å². The van der Waals surface area contributed by atoms with Crippen LogP contribution >= 0.6 is 0 Å². The highest BCUT2D eigenvalue weighted by Crippen LogP contribution is 2.39. The van der Waals surface area contributed by atoms with Gasteiger partial charge >= 0.3 is 0 Å². The second-order valence-electron chi connectivity index (χ2n) is 3.62. The lowest BCUT2D eigenvalue weighted by atomic mass is 9.97. The van der Waals surface area contributed by atoms with E-state index in [2.05, 4.69) is 0 Å². The lowest BCUT2D eigenvalue weighted by molar-refractivity contribution is -0.255. The minimum atomic E-state index is -1.18. The van der Waals surface area contributed by atoms with Gasteiger partial charge in [0.05, 0.1) is 5.97 Å². The predicted octanol–water partition coefficient (Wildman–Crippen LogP) is 0.934. The normalized spacial score (nSPS) is 24.1. The quantitative estimate of drug-likeness (QED) is 0.663. The van der Waals surface area contributed by atoms with Crippen LogP contribution < -0.4 is 9.84 Å². The number of benzene rings is 1. The van der Waals surface area contributed by atoms with Gasteiger partial charge in [0, 0.05) is 17.0 Å². The van der Waals surface area contributed by atoms with Gasteiger partial charge < -0.3 is 14.6 Å². The molecule has 3 heteroatoms. The SMILES string of the molecule is C[C@H]1Oc2c(C(=O)[O-])cccc2[C@@H]1C. The van der Waals surface area contributed by atoms with Gasteiger partial charge in [-0.1, -0.05) is 19.1 Å². The van der Waals surface area contributed by atoms with Crippen molar-refractivity contribution in [1.29, 1.82) is 0 Å². The monoisotopic (exact) mass is 191 g/mol. The Morgan fingerprint density at radius 3 is 2.79 bits per heavy atom. The Kier molecular flexibility index (Phi) is 1.95. The summed E-state index contributed by atoms with van der Waals surface area (Å²) < 4.78 is 5.49. The van der Waals surface area contributed by atoms with Gasteiger partial charge in [-0.25, -0.2) is 0 Å². The van der Waals surface area contributed by atoms with Crippen molar-refractivity contribution >= 4 is 5.97 Å². The number of rotatable bonds is 1. The number of aromatic carboxylic acids is 1. The molecule has 0 bridgehead atoms. The van der Waals surface area contributed by atoms with Crippen molar-refractivity contribution < 1.29 is 14.6 Å². The van der Waals surface area contributed by atoms with Crippen molar-refractivity contribution in [2.75, 3.05) is 0 Å². The second-order valence-corrected chi connectivity index (χ2v) is 3.62. The molecule has 1 aliphatic rings. The van der Waals surface area contributed by atoms with E-state index in [1.807, 2.05) is 19.9 Å². The summed E-state index contributed by atoms with van der Waals surface area (Å²) in [5, 5.41) is 10.8.